The summed E-state index contributed by atoms with van der Waals surface area (Å²) in [6, 6.07) is 7.88. The van der Waals surface area contributed by atoms with Crippen molar-refractivity contribution in [3.63, 3.8) is 0 Å². The van der Waals surface area contributed by atoms with Crippen LogP contribution >= 0.6 is 0 Å². The zero-order valence-electron chi connectivity index (χ0n) is 19.6. The molecule has 0 bridgehead atoms. The molecule has 1 aromatic carbocycles. The average molecular weight is 441 g/mol. The number of rotatable bonds is 6. The summed E-state index contributed by atoms with van der Waals surface area (Å²) in [5, 5.41) is 8.13. The number of pyridine rings is 2. The molecule has 2 aromatic heterocycles. The van der Waals surface area contributed by atoms with E-state index in [-0.39, 0.29) is 12.0 Å². The molecule has 0 saturated heterocycles. The monoisotopic (exact) mass is 440 g/mol. The van der Waals surface area contributed by atoms with Crippen LogP contribution in [0.15, 0.2) is 29.1 Å². The standard InChI is InChI=1S/C23H28N4O3.CH4O/c1-14-6-7-17-21(20(14)25(2)3)27(10-11-28)23-18(22(17)29)8-9-19(24-23)26(4)15-12-16(13-15)30-5;1-2/h6-9,11,15-16H,10,12-13H2,1-5H3;2H,1H3. The summed E-state index contributed by atoms with van der Waals surface area (Å²) in [4.78, 5) is 33.9. The lowest BCUT2D eigenvalue weighted by Gasteiger charge is -2.40. The topological polar surface area (TPSA) is 87.9 Å². The third-order valence-corrected chi connectivity index (χ3v) is 6.24. The van der Waals surface area contributed by atoms with Crippen LogP contribution in [0.5, 0.6) is 0 Å². The van der Waals surface area contributed by atoms with E-state index in [1.165, 1.54) is 0 Å². The van der Waals surface area contributed by atoms with Gasteiger partial charge in [0.25, 0.3) is 0 Å². The van der Waals surface area contributed by atoms with Gasteiger partial charge in [0, 0.05) is 46.8 Å². The fourth-order valence-corrected chi connectivity index (χ4v) is 4.46. The predicted molar refractivity (Wildman–Crippen MR) is 129 cm³/mol. The summed E-state index contributed by atoms with van der Waals surface area (Å²) in [7, 11) is 8.65. The van der Waals surface area contributed by atoms with Crippen LogP contribution in [-0.2, 0) is 16.1 Å². The van der Waals surface area contributed by atoms with E-state index in [0.717, 1.165) is 48.8 Å². The molecular weight excluding hydrogens is 408 g/mol. The Balaban J connectivity index is 0.00000141. The molecule has 1 aliphatic carbocycles. The van der Waals surface area contributed by atoms with Crippen LogP contribution in [0.25, 0.3) is 21.9 Å². The number of carbonyl (C=O) groups is 1. The lowest BCUT2D eigenvalue weighted by atomic mass is 9.88. The van der Waals surface area contributed by atoms with Gasteiger partial charge in [0.15, 0.2) is 5.43 Å². The number of aryl methyl sites for hydroxylation is 1. The number of methoxy groups -OCH3 is 1. The third kappa shape index (κ3) is 3.96. The maximum absolute atomic E-state index is 13.3. The minimum atomic E-state index is -0.0601. The van der Waals surface area contributed by atoms with Crippen molar-refractivity contribution in [3.05, 3.63) is 40.1 Å². The Kier molecular flexibility index (Phi) is 7.16. The first-order valence-electron chi connectivity index (χ1n) is 10.7. The Hall–Kier alpha value is -2.97. The van der Waals surface area contributed by atoms with Gasteiger partial charge >= 0.3 is 0 Å². The quantitative estimate of drug-likeness (QED) is 0.465. The highest BCUT2D eigenvalue weighted by atomic mass is 16.5. The van der Waals surface area contributed by atoms with E-state index < -0.39 is 0 Å². The number of aldehydes is 1. The van der Waals surface area contributed by atoms with Crippen LogP contribution in [0.2, 0.25) is 0 Å². The second-order valence-corrected chi connectivity index (χ2v) is 8.26. The molecule has 4 rings (SSSR count). The molecule has 0 spiro atoms. The zero-order valence-corrected chi connectivity index (χ0v) is 19.6. The van der Waals surface area contributed by atoms with Gasteiger partial charge in [-0.1, -0.05) is 6.07 Å². The van der Waals surface area contributed by atoms with Gasteiger partial charge in [-0.3, -0.25) is 4.79 Å². The first-order chi connectivity index (χ1) is 15.4. The normalized spacial score (nSPS) is 17.5. The Morgan fingerprint density at radius 1 is 1.16 bits per heavy atom. The highest BCUT2D eigenvalue weighted by Crippen LogP contribution is 2.33. The highest BCUT2D eigenvalue weighted by molar-refractivity contribution is 6.00. The maximum atomic E-state index is 13.3. The van der Waals surface area contributed by atoms with Crippen LogP contribution < -0.4 is 15.2 Å². The van der Waals surface area contributed by atoms with E-state index in [2.05, 4.69) is 4.90 Å². The van der Waals surface area contributed by atoms with Crippen molar-refractivity contribution >= 4 is 39.7 Å². The minimum absolute atomic E-state index is 0.0601. The molecule has 0 unspecified atom stereocenters. The molecule has 0 radical (unpaired) electrons. The van der Waals surface area contributed by atoms with E-state index in [4.69, 9.17) is 14.8 Å². The number of hydrogen-bond donors (Lipinski definition) is 1. The molecule has 0 aliphatic heterocycles. The number of nitrogens with zero attached hydrogens (tertiary/aromatic N) is 4. The molecule has 1 fully saturated rings. The van der Waals surface area contributed by atoms with Gasteiger partial charge in [-0.2, -0.15) is 0 Å². The highest BCUT2D eigenvalue weighted by Gasteiger charge is 2.33. The van der Waals surface area contributed by atoms with Gasteiger partial charge in [0.1, 0.15) is 17.8 Å². The summed E-state index contributed by atoms with van der Waals surface area (Å²) in [5.41, 5.74) is 3.20. The molecule has 1 saturated carbocycles. The molecule has 8 heteroatoms. The van der Waals surface area contributed by atoms with E-state index >= 15 is 0 Å². The number of hydrogen-bond acceptors (Lipinski definition) is 7. The van der Waals surface area contributed by atoms with Crippen molar-refractivity contribution in [1.29, 1.82) is 0 Å². The van der Waals surface area contributed by atoms with Crippen molar-refractivity contribution in [1.82, 2.24) is 9.55 Å². The first kappa shape index (κ1) is 23.7. The van der Waals surface area contributed by atoms with Gasteiger partial charge in [-0.15, -0.1) is 0 Å². The number of benzene rings is 1. The number of carbonyl (C=O) groups excluding carboxylic acids is 1. The van der Waals surface area contributed by atoms with Gasteiger partial charge in [0.05, 0.1) is 29.2 Å². The molecule has 0 atom stereocenters. The summed E-state index contributed by atoms with van der Waals surface area (Å²) < 4.78 is 7.27. The van der Waals surface area contributed by atoms with E-state index in [9.17, 15) is 9.59 Å². The van der Waals surface area contributed by atoms with Crippen LogP contribution in [0.4, 0.5) is 11.5 Å². The van der Waals surface area contributed by atoms with Crippen molar-refractivity contribution < 1.29 is 14.6 Å². The second-order valence-electron chi connectivity index (χ2n) is 8.26. The van der Waals surface area contributed by atoms with E-state index in [1.54, 1.807) is 7.11 Å². The molecule has 2 heterocycles. The summed E-state index contributed by atoms with van der Waals surface area (Å²) in [6.45, 7) is 2.14. The zero-order chi connectivity index (χ0) is 23.6. The Morgan fingerprint density at radius 2 is 1.81 bits per heavy atom. The van der Waals surface area contributed by atoms with Crippen molar-refractivity contribution in [3.8, 4) is 0 Å². The number of aliphatic hydroxyl groups is 1. The molecular formula is C24H32N4O4. The third-order valence-electron chi connectivity index (χ3n) is 6.24. The smallest absolute Gasteiger partial charge is 0.198 e. The average Bonchev–Trinajstić information content (AvgIpc) is 2.76. The largest absolute Gasteiger partial charge is 0.400 e. The fraction of sp³-hybridized carbons (Fsp3) is 0.458. The molecule has 1 aliphatic rings. The maximum Gasteiger partial charge on any atom is 0.198 e. The predicted octanol–water partition coefficient (Wildman–Crippen LogP) is 2.35. The summed E-state index contributed by atoms with van der Waals surface area (Å²) in [5.74, 6) is 0.791. The number of aliphatic hydroxyl groups excluding tert-OH is 1. The van der Waals surface area contributed by atoms with E-state index in [1.807, 2.05) is 61.8 Å². The molecule has 32 heavy (non-hydrogen) atoms. The van der Waals surface area contributed by atoms with Crippen LogP contribution in [-0.4, -0.2) is 68.5 Å². The van der Waals surface area contributed by atoms with Crippen molar-refractivity contribution in [2.45, 2.75) is 38.5 Å². The van der Waals surface area contributed by atoms with Gasteiger partial charge in [0.2, 0.25) is 0 Å². The molecule has 3 aromatic rings. The minimum Gasteiger partial charge on any atom is -0.400 e. The van der Waals surface area contributed by atoms with Crippen molar-refractivity contribution in [2.75, 3.05) is 45.2 Å². The van der Waals surface area contributed by atoms with Crippen molar-refractivity contribution in [2.24, 2.45) is 0 Å². The fourth-order valence-electron chi connectivity index (χ4n) is 4.46. The molecule has 8 nitrogen and oxygen atoms in total. The van der Waals surface area contributed by atoms with Gasteiger partial charge in [-0.25, -0.2) is 4.98 Å². The number of aromatic nitrogens is 2. The molecule has 0 amide bonds. The lowest BCUT2D eigenvalue weighted by molar-refractivity contribution is -0.108. The van der Waals surface area contributed by atoms with Crippen LogP contribution in [0, 0.1) is 6.92 Å². The molecule has 1 N–H and O–H groups in total. The first-order valence-corrected chi connectivity index (χ1v) is 10.7. The second kappa shape index (κ2) is 9.67. The Morgan fingerprint density at radius 3 is 2.41 bits per heavy atom. The van der Waals surface area contributed by atoms with E-state index in [0.29, 0.717) is 28.6 Å². The lowest BCUT2D eigenvalue weighted by Crippen LogP contribution is -2.46. The SMILES string of the molecule is CO.COC1CC(N(C)c2ccc3c(=O)c4ccc(C)c(N(C)C)c4n(CC=O)c3n2)C1. The summed E-state index contributed by atoms with van der Waals surface area (Å²) >= 11 is 0. The Labute approximate surface area is 188 Å². The Bertz CT molecular complexity index is 1180. The number of anilines is 2. The summed E-state index contributed by atoms with van der Waals surface area (Å²) in [6.07, 6.45) is 3.06. The molecule has 172 valence electrons. The van der Waals surface area contributed by atoms with Crippen LogP contribution in [0.1, 0.15) is 18.4 Å². The van der Waals surface area contributed by atoms with Gasteiger partial charge < -0.3 is 29.0 Å². The van der Waals surface area contributed by atoms with Gasteiger partial charge in [-0.05, 0) is 43.5 Å². The van der Waals surface area contributed by atoms with Crippen LogP contribution in [0.3, 0.4) is 0 Å². The number of ether oxygens (including phenoxy) is 1. The number of fused-ring (bicyclic) bond motifs is 2.